The lowest BCUT2D eigenvalue weighted by Crippen LogP contribution is -2.49. The Labute approximate surface area is 105 Å². The van der Waals surface area contributed by atoms with Gasteiger partial charge < -0.3 is 10.1 Å². The molecular weight excluding hydrogens is 240 g/mol. The fourth-order valence-corrected chi connectivity index (χ4v) is 2.58. The van der Waals surface area contributed by atoms with E-state index in [9.17, 15) is 4.79 Å². The molecule has 0 aromatic carbocycles. The lowest BCUT2D eigenvalue weighted by Gasteiger charge is -2.28. The number of nitrogens with one attached hydrogen (secondary N) is 2. The van der Waals surface area contributed by atoms with Crippen molar-refractivity contribution in [2.75, 3.05) is 14.2 Å². The minimum absolute atomic E-state index is 0.208. The summed E-state index contributed by atoms with van der Waals surface area (Å²) in [6.45, 7) is 3.86. The van der Waals surface area contributed by atoms with Crippen LogP contribution in [-0.2, 0) is 9.53 Å². The van der Waals surface area contributed by atoms with Gasteiger partial charge in [-0.1, -0.05) is 18.7 Å². The molecule has 0 saturated carbocycles. The number of thioether (sulfide) groups is 1. The maximum absolute atomic E-state index is 11.7. The summed E-state index contributed by atoms with van der Waals surface area (Å²) in [6, 6.07) is 0. The van der Waals surface area contributed by atoms with E-state index in [1.165, 1.54) is 13.4 Å². The molecular formula is C10H18N4O2S. The number of methoxy groups -OCH3 is 1. The number of H-pyrrole nitrogens is 1. The number of likely N-dealkylation sites (N-methyl/N-ethyl adjacent to an activating group) is 1. The summed E-state index contributed by atoms with van der Waals surface area (Å²) < 4.78 is 4.80. The van der Waals surface area contributed by atoms with Crippen LogP contribution in [0.4, 0.5) is 0 Å². The van der Waals surface area contributed by atoms with Crippen molar-refractivity contribution >= 4 is 17.7 Å². The second-order valence-corrected chi connectivity index (χ2v) is 5.42. The summed E-state index contributed by atoms with van der Waals surface area (Å²) in [5, 5.41) is 10.5. The minimum atomic E-state index is -0.679. The Morgan fingerprint density at radius 1 is 1.76 bits per heavy atom. The van der Waals surface area contributed by atoms with E-state index in [1.54, 1.807) is 18.8 Å². The molecule has 6 nitrogen and oxygen atoms in total. The van der Waals surface area contributed by atoms with E-state index in [1.807, 2.05) is 13.8 Å². The number of carbonyl (C=O) groups excluding carboxylic acids is 1. The molecule has 0 saturated heterocycles. The third-order valence-corrected chi connectivity index (χ3v) is 3.58. The van der Waals surface area contributed by atoms with Gasteiger partial charge in [-0.05, 0) is 20.4 Å². The van der Waals surface area contributed by atoms with Crippen LogP contribution in [0.1, 0.15) is 20.3 Å². The van der Waals surface area contributed by atoms with Crippen molar-refractivity contribution in [2.24, 2.45) is 0 Å². The molecule has 2 N–H and O–H groups in total. The highest BCUT2D eigenvalue weighted by atomic mass is 32.2. The topological polar surface area (TPSA) is 79.9 Å². The molecule has 1 aromatic heterocycles. The Morgan fingerprint density at radius 3 is 2.94 bits per heavy atom. The first-order valence-electron chi connectivity index (χ1n) is 5.31. The molecule has 0 bridgehead atoms. The lowest BCUT2D eigenvalue weighted by atomic mass is 9.96. The number of ether oxygens (including phenoxy) is 1. The standard InChI is InChI=1S/C10H18N4O2S/c1-7(17-9-12-6-13-14-9)5-10(2,11-3)8(15)16-4/h6-7,11H,5H2,1-4H3,(H,12,13,14). The summed E-state index contributed by atoms with van der Waals surface area (Å²) in [5.41, 5.74) is -0.679. The second-order valence-electron chi connectivity index (χ2n) is 4.00. The SMILES string of the molecule is CNC(C)(CC(C)Sc1ncn[nH]1)C(=O)OC. The Bertz CT molecular complexity index is 357. The predicted octanol–water partition coefficient (Wildman–Crippen LogP) is 0.826. The van der Waals surface area contributed by atoms with Crippen LogP contribution in [0.2, 0.25) is 0 Å². The number of carbonyl (C=O) groups is 1. The van der Waals surface area contributed by atoms with Crippen LogP contribution in [0.3, 0.4) is 0 Å². The Morgan fingerprint density at radius 2 is 2.47 bits per heavy atom. The Hall–Kier alpha value is -1.08. The molecule has 17 heavy (non-hydrogen) atoms. The van der Waals surface area contributed by atoms with Gasteiger partial charge in [-0.2, -0.15) is 5.10 Å². The van der Waals surface area contributed by atoms with Gasteiger partial charge in [0.05, 0.1) is 7.11 Å². The average Bonchev–Trinajstić information content (AvgIpc) is 2.80. The quantitative estimate of drug-likeness (QED) is 0.581. The average molecular weight is 258 g/mol. The van der Waals surface area contributed by atoms with Gasteiger partial charge in [0.25, 0.3) is 0 Å². The first-order chi connectivity index (χ1) is 8.01. The molecule has 1 heterocycles. The fourth-order valence-electron chi connectivity index (χ4n) is 1.57. The van der Waals surface area contributed by atoms with Crippen molar-refractivity contribution < 1.29 is 9.53 Å². The number of hydrogen-bond donors (Lipinski definition) is 2. The third kappa shape index (κ3) is 3.71. The van der Waals surface area contributed by atoms with Gasteiger partial charge in [0, 0.05) is 5.25 Å². The van der Waals surface area contributed by atoms with Crippen molar-refractivity contribution in [2.45, 2.75) is 36.2 Å². The van der Waals surface area contributed by atoms with Crippen molar-refractivity contribution in [1.29, 1.82) is 0 Å². The van der Waals surface area contributed by atoms with E-state index in [-0.39, 0.29) is 11.2 Å². The predicted molar refractivity (Wildman–Crippen MR) is 65.8 cm³/mol. The summed E-state index contributed by atoms with van der Waals surface area (Å²) in [6.07, 6.45) is 2.11. The molecule has 96 valence electrons. The van der Waals surface area contributed by atoms with Crippen LogP contribution >= 0.6 is 11.8 Å². The highest BCUT2D eigenvalue weighted by Gasteiger charge is 2.34. The first-order valence-corrected chi connectivity index (χ1v) is 6.19. The molecule has 1 aromatic rings. The number of aromatic amines is 1. The third-order valence-electron chi connectivity index (χ3n) is 2.59. The number of hydrogen-bond acceptors (Lipinski definition) is 6. The second kappa shape index (κ2) is 6.02. The van der Waals surface area contributed by atoms with Crippen LogP contribution in [0.5, 0.6) is 0 Å². The van der Waals surface area contributed by atoms with Crippen molar-refractivity contribution in [3.8, 4) is 0 Å². The van der Waals surface area contributed by atoms with Crippen molar-refractivity contribution in [1.82, 2.24) is 20.5 Å². The zero-order valence-electron chi connectivity index (χ0n) is 10.5. The van der Waals surface area contributed by atoms with Crippen LogP contribution in [-0.4, -0.2) is 46.1 Å². The van der Waals surface area contributed by atoms with E-state index in [0.29, 0.717) is 6.42 Å². The van der Waals surface area contributed by atoms with Crippen LogP contribution in [0, 0.1) is 0 Å². The van der Waals surface area contributed by atoms with Gasteiger partial charge in [0.15, 0.2) is 5.16 Å². The van der Waals surface area contributed by atoms with Gasteiger partial charge >= 0.3 is 5.97 Å². The minimum Gasteiger partial charge on any atom is -0.468 e. The lowest BCUT2D eigenvalue weighted by molar-refractivity contribution is -0.147. The summed E-state index contributed by atoms with van der Waals surface area (Å²) in [7, 11) is 3.15. The van der Waals surface area contributed by atoms with E-state index >= 15 is 0 Å². The Kier molecular flexibility index (Phi) is 4.95. The van der Waals surface area contributed by atoms with Crippen molar-refractivity contribution in [3.05, 3.63) is 6.33 Å². The molecule has 2 atom stereocenters. The van der Waals surface area contributed by atoms with Crippen molar-refractivity contribution in [3.63, 3.8) is 0 Å². The van der Waals surface area contributed by atoms with Crippen LogP contribution in [0.15, 0.2) is 11.5 Å². The van der Waals surface area contributed by atoms with E-state index in [2.05, 4.69) is 20.5 Å². The van der Waals surface area contributed by atoms with Gasteiger partial charge in [-0.3, -0.25) is 9.89 Å². The molecule has 0 aliphatic carbocycles. The number of rotatable bonds is 6. The molecule has 0 spiro atoms. The maximum atomic E-state index is 11.7. The summed E-state index contributed by atoms with van der Waals surface area (Å²) >= 11 is 1.54. The number of esters is 1. The van der Waals surface area contributed by atoms with Crippen LogP contribution in [0.25, 0.3) is 0 Å². The van der Waals surface area contributed by atoms with E-state index < -0.39 is 5.54 Å². The zero-order chi connectivity index (χ0) is 12.9. The molecule has 7 heteroatoms. The van der Waals surface area contributed by atoms with E-state index in [4.69, 9.17) is 4.74 Å². The highest BCUT2D eigenvalue weighted by Crippen LogP contribution is 2.26. The first kappa shape index (κ1) is 14.0. The molecule has 0 fully saturated rings. The number of aromatic nitrogens is 3. The zero-order valence-corrected chi connectivity index (χ0v) is 11.3. The smallest absolute Gasteiger partial charge is 0.325 e. The highest BCUT2D eigenvalue weighted by molar-refractivity contribution is 7.99. The fraction of sp³-hybridized carbons (Fsp3) is 0.700. The van der Waals surface area contributed by atoms with Gasteiger partial charge in [-0.15, -0.1) is 0 Å². The maximum Gasteiger partial charge on any atom is 0.325 e. The molecule has 0 radical (unpaired) electrons. The van der Waals surface area contributed by atoms with E-state index in [0.717, 1.165) is 5.16 Å². The normalized spacial score (nSPS) is 16.2. The van der Waals surface area contributed by atoms with Gasteiger partial charge in [0.2, 0.25) is 0 Å². The molecule has 0 amide bonds. The number of nitrogens with zero attached hydrogens (tertiary/aromatic N) is 2. The van der Waals surface area contributed by atoms with Gasteiger partial charge in [0.1, 0.15) is 11.9 Å². The Balaban J connectivity index is 2.59. The largest absolute Gasteiger partial charge is 0.468 e. The summed E-state index contributed by atoms with van der Waals surface area (Å²) in [4.78, 5) is 15.7. The molecule has 2 unspecified atom stereocenters. The summed E-state index contributed by atoms with van der Waals surface area (Å²) in [5.74, 6) is -0.259. The van der Waals surface area contributed by atoms with Crippen LogP contribution < -0.4 is 5.32 Å². The molecule has 1 rings (SSSR count). The molecule has 0 aliphatic rings. The molecule has 0 aliphatic heterocycles. The van der Waals surface area contributed by atoms with Gasteiger partial charge in [-0.25, -0.2) is 4.98 Å². The monoisotopic (exact) mass is 258 g/mol.